The van der Waals surface area contributed by atoms with Crippen molar-refractivity contribution >= 4 is 28.4 Å². The number of ether oxygens (including phenoxy) is 1. The monoisotopic (exact) mass is 506 g/mol. The Bertz CT molecular complexity index is 1260. The lowest BCUT2D eigenvalue weighted by molar-refractivity contribution is -0.139. The number of carbonyl (C=O) groups excluding carboxylic acids is 3. The van der Waals surface area contributed by atoms with Gasteiger partial charge in [-0.1, -0.05) is 39.0 Å². The summed E-state index contributed by atoms with van der Waals surface area (Å²) in [6.45, 7) is 10.1. The van der Waals surface area contributed by atoms with E-state index in [9.17, 15) is 14.4 Å². The highest BCUT2D eigenvalue weighted by Crippen LogP contribution is 2.60. The number of amides is 1. The molecule has 2 aromatic rings. The number of Topliss-reactive ketones (excluding diaryl/α,β-unsaturated/α-hetero) is 2. The molecule has 3 aliphatic rings. The predicted molar refractivity (Wildman–Crippen MR) is 141 cm³/mol. The number of aromatic nitrogens is 2. The van der Waals surface area contributed by atoms with Crippen LogP contribution < -0.4 is 5.32 Å². The summed E-state index contributed by atoms with van der Waals surface area (Å²) in [6, 6.07) is 3.80. The largest absolute Gasteiger partial charge is 0.377 e. The molecule has 1 amide bonds. The summed E-state index contributed by atoms with van der Waals surface area (Å²) in [5, 5.41) is 8.97. The van der Waals surface area contributed by atoms with E-state index in [4.69, 9.17) is 4.74 Å². The first-order chi connectivity index (χ1) is 17.8. The molecule has 2 fully saturated rings. The lowest BCUT2D eigenvalue weighted by atomic mass is 9.96. The molecule has 3 atom stereocenters. The van der Waals surface area contributed by atoms with Gasteiger partial charge in [-0.25, -0.2) is 0 Å². The van der Waals surface area contributed by atoms with Crippen molar-refractivity contribution in [1.29, 1.82) is 0 Å². The maximum Gasteiger partial charge on any atom is 0.245 e. The highest BCUT2D eigenvalue weighted by molar-refractivity contribution is 6.06. The molecule has 0 spiro atoms. The summed E-state index contributed by atoms with van der Waals surface area (Å²) in [5.74, 6) is 0.134. The van der Waals surface area contributed by atoms with Crippen LogP contribution in [-0.2, 0) is 27.4 Å². The van der Waals surface area contributed by atoms with Gasteiger partial charge in [0, 0.05) is 36.7 Å². The zero-order chi connectivity index (χ0) is 26.3. The molecule has 8 heteroatoms. The maximum absolute atomic E-state index is 13.8. The van der Waals surface area contributed by atoms with Gasteiger partial charge >= 0.3 is 0 Å². The second-order valence-corrected chi connectivity index (χ2v) is 11.2. The number of carbonyl (C=O) groups is 3. The van der Waals surface area contributed by atoms with Crippen molar-refractivity contribution in [3.63, 3.8) is 0 Å². The van der Waals surface area contributed by atoms with Gasteiger partial charge in [0.25, 0.3) is 0 Å². The van der Waals surface area contributed by atoms with E-state index < -0.39 is 6.04 Å². The van der Waals surface area contributed by atoms with E-state index in [0.717, 1.165) is 41.4 Å². The molecule has 3 heterocycles. The van der Waals surface area contributed by atoms with Crippen molar-refractivity contribution in [3.05, 3.63) is 41.1 Å². The molecule has 198 valence electrons. The van der Waals surface area contributed by atoms with Crippen molar-refractivity contribution in [1.82, 2.24) is 20.0 Å². The van der Waals surface area contributed by atoms with Crippen LogP contribution >= 0.6 is 0 Å². The van der Waals surface area contributed by atoms with Crippen molar-refractivity contribution in [3.8, 4) is 0 Å². The van der Waals surface area contributed by atoms with Crippen LogP contribution in [0.3, 0.4) is 0 Å². The van der Waals surface area contributed by atoms with Crippen LogP contribution in [-0.4, -0.2) is 64.0 Å². The molecule has 2 aliphatic heterocycles. The minimum atomic E-state index is -0.419. The number of piperidine rings is 1. The average Bonchev–Trinajstić information content (AvgIpc) is 3.27. The molecule has 8 nitrogen and oxygen atoms in total. The molecule has 5 rings (SSSR count). The highest BCUT2D eigenvalue weighted by atomic mass is 16.5. The molecule has 1 aliphatic carbocycles. The Balaban J connectivity index is 1.59. The van der Waals surface area contributed by atoms with Crippen molar-refractivity contribution in [2.75, 3.05) is 19.8 Å². The first-order valence-corrected chi connectivity index (χ1v) is 13.6. The molecule has 1 aromatic heterocycles. The van der Waals surface area contributed by atoms with Crippen molar-refractivity contribution < 1.29 is 19.1 Å². The van der Waals surface area contributed by atoms with E-state index >= 15 is 0 Å². The second kappa shape index (κ2) is 10.1. The van der Waals surface area contributed by atoms with Crippen LogP contribution in [0.4, 0.5) is 0 Å². The minimum absolute atomic E-state index is 0.000290. The van der Waals surface area contributed by atoms with Crippen LogP contribution in [0.2, 0.25) is 0 Å². The fourth-order valence-corrected chi connectivity index (χ4v) is 6.11. The number of rotatable bonds is 4. The molecule has 0 radical (unpaired) electrons. The summed E-state index contributed by atoms with van der Waals surface area (Å²) in [5.41, 5.74) is 3.23. The normalized spacial score (nSPS) is 27.3. The summed E-state index contributed by atoms with van der Waals surface area (Å²) >= 11 is 0. The molecule has 37 heavy (non-hydrogen) atoms. The molecular formula is C29H38N4O4. The van der Waals surface area contributed by atoms with Crippen LogP contribution in [0.15, 0.2) is 24.3 Å². The number of nitrogens with zero attached hydrogens (tertiary/aromatic N) is 3. The van der Waals surface area contributed by atoms with E-state index in [-0.39, 0.29) is 41.4 Å². The van der Waals surface area contributed by atoms with Gasteiger partial charge in [-0.2, -0.15) is 5.10 Å². The zero-order valence-electron chi connectivity index (χ0n) is 22.4. The molecule has 1 saturated carbocycles. The third-order valence-electron chi connectivity index (χ3n) is 8.23. The Hall–Kier alpha value is -2.84. The summed E-state index contributed by atoms with van der Waals surface area (Å²) < 4.78 is 7.68. The molecule has 1 saturated heterocycles. The summed E-state index contributed by atoms with van der Waals surface area (Å²) in [7, 11) is 0. The number of nitrogens with one attached hydrogen (secondary N) is 1. The maximum atomic E-state index is 13.8. The average molecular weight is 507 g/mol. The van der Waals surface area contributed by atoms with Gasteiger partial charge < -0.3 is 15.0 Å². The third-order valence-corrected chi connectivity index (χ3v) is 8.23. The Kier molecular flexibility index (Phi) is 7.07. The SMILES string of the molecule is CCC(=O)[C@@H]1C[C@]23COC/C=C\CCNCc4cc(C(C)C)cc5c(C(C)=O)nn(c45)CC(=O)N1[C@@H]2C3. The van der Waals surface area contributed by atoms with Gasteiger partial charge in [-0.3, -0.25) is 19.1 Å². The van der Waals surface area contributed by atoms with E-state index in [2.05, 4.69) is 36.4 Å². The highest BCUT2D eigenvalue weighted by Gasteiger charge is 2.66. The predicted octanol–water partition coefficient (Wildman–Crippen LogP) is 3.77. The number of benzene rings is 1. The standard InChI is InChI=1S/C29H38N4O4/c1-5-24(35)23-13-29-14-25(29)33(23)26(36)16-32-28-21(15-30-9-7-6-8-10-37-17-29)11-20(18(2)3)12-22(28)27(31-32)19(4)34/h6,8,11-12,18,23,25,30H,5,7,9-10,13-17H2,1-4H3/b8-6-/t23-,25+,29-/m0/s1. The lowest BCUT2D eigenvalue weighted by Crippen LogP contribution is -2.44. The zero-order valence-corrected chi connectivity index (χ0v) is 22.4. The lowest BCUT2D eigenvalue weighted by Gasteiger charge is -2.26. The molecule has 0 unspecified atom stereocenters. The smallest absolute Gasteiger partial charge is 0.245 e. The Morgan fingerprint density at radius 2 is 2.05 bits per heavy atom. The Morgan fingerprint density at radius 1 is 1.24 bits per heavy atom. The van der Waals surface area contributed by atoms with E-state index in [1.807, 2.05) is 24.0 Å². The first-order valence-electron chi connectivity index (χ1n) is 13.6. The number of hydrogen-bond acceptors (Lipinski definition) is 6. The number of ketones is 2. The van der Waals surface area contributed by atoms with E-state index in [1.165, 1.54) is 6.92 Å². The third kappa shape index (κ3) is 4.77. The fourth-order valence-electron chi connectivity index (χ4n) is 6.11. The van der Waals surface area contributed by atoms with Crippen LogP contribution in [0, 0.1) is 5.41 Å². The summed E-state index contributed by atoms with van der Waals surface area (Å²) in [6.07, 6.45) is 6.97. The molecule has 2 bridgehead atoms. The first kappa shape index (κ1) is 25.8. The van der Waals surface area contributed by atoms with Crippen LogP contribution in [0.5, 0.6) is 0 Å². The quantitative estimate of drug-likeness (QED) is 0.501. The van der Waals surface area contributed by atoms with Gasteiger partial charge in [-0.15, -0.1) is 0 Å². The number of hydrogen-bond donors (Lipinski definition) is 1. The molecule has 1 aromatic carbocycles. The Morgan fingerprint density at radius 3 is 2.78 bits per heavy atom. The van der Waals surface area contributed by atoms with E-state index in [0.29, 0.717) is 38.3 Å². The second-order valence-electron chi connectivity index (χ2n) is 11.2. The van der Waals surface area contributed by atoms with E-state index in [1.54, 1.807) is 4.68 Å². The molecule has 1 N–H and O–H groups in total. The fraction of sp³-hybridized carbons (Fsp3) is 0.586. The Labute approximate surface area is 218 Å². The van der Waals surface area contributed by atoms with Gasteiger partial charge in [0.1, 0.15) is 12.2 Å². The van der Waals surface area contributed by atoms with Gasteiger partial charge in [0.15, 0.2) is 11.6 Å². The van der Waals surface area contributed by atoms with Gasteiger partial charge in [0.05, 0.1) is 24.8 Å². The van der Waals surface area contributed by atoms with Gasteiger partial charge in [-0.05, 0) is 48.9 Å². The van der Waals surface area contributed by atoms with Crippen molar-refractivity contribution in [2.45, 2.75) is 84.5 Å². The van der Waals surface area contributed by atoms with Crippen molar-refractivity contribution in [2.24, 2.45) is 5.41 Å². The topological polar surface area (TPSA) is 93.5 Å². The molecular weight excluding hydrogens is 468 g/mol. The minimum Gasteiger partial charge on any atom is -0.377 e. The van der Waals surface area contributed by atoms with Gasteiger partial charge in [0.2, 0.25) is 5.91 Å². The van der Waals surface area contributed by atoms with Crippen LogP contribution in [0.1, 0.15) is 80.9 Å². The van der Waals surface area contributed by atoms with Crippen LogP contribution in [0.25, 0.3) is 10.9 Å². The summed E-state index contributed by atoms with van der Waals surface area (Å²) in [4.78, 5) is 41.2.